The molecule has 0 heterocycles. The lowest BCUT2D eigenvalue weighted by atomic mass is 10.1. The van der Waals surface area contributed by atoms with Crippen LogP contribution in [0.2, 0.25) is 0 Å². The summed E-state index contributed by atoms with van der Waals surface area (Å²) in [6.07, 6.45) is 0. The molecule has 2 aromatic rings. The maximum atomic E-state index is 5.47. The Morgan fingerprint density at radius 3 is 2.38 bits per heavy atom. The quantitative estimate of drug-likeness (QED) is 0.853. The van der Waals surface area contributed by atoms with Crippen LogP contribution in [0.3, 0.4) is 0 Å². The third kappa shape index (κ3) is 2.25. The van der Waals surface area contributed by atoms with Crippen LogP contribution in [0.15, 0.2) is 36.4 Å². The van der Waals surface area contributed by atoms with E-state index in [-0.39, 0.29) is 0 Å². The van der Waals surface area contributed by atoms with Gasteiger partial charge in [0.2, 0.25) is 0 Å². The van der Waals surface area contributed by atoms with Crippen LogP contribution in [-0.2, 0) is 0 Å². The molecule has 2 aromatic carbocycles. The number of methoxy groups -OCH3 is 1. The third-order valence-electron chi connectivity index (χ3n) is 2.41. The predicted molar refractivity (Wildman–Crippen MR) is 65.0 cm³/mol. The van der Waals surface area contributed by atoms with Crippen molar-refractivity contribution in [2.75, 3.05) is 20.3 Å². The van der Waals surface area contributed by atoms with Gasteiger partial charge in [0.15, 0.2) is 0 Å². The number of hydrogen-bond acceptors (Lipinski definition) is 3. The molecule has 0 bridgehead atoms. The zero-order valence-corrected chi connectivity index (χ0v) is 9.27. The maximum Gasteiger partial charge on any atom is 0.120 e. The molecule has 2 rings (SSSR count). The Bertz CT molecular complexity index is 482. The van der Waals surface area contributed by atoms with Gasteiger partial charge in [0.1, 0.15) is 18.1 Å². The van der Waals surface area contributed by atoms with Crippen molar-refractivity contribution in [1.29, 1.82) is 0 Å². The minimum Gasteiger partial charge on any atom is -0.497 e. The van der Waals surface area contributed by atoms with E-state index < -0.39 is 0 Å². The highest BCUT2D eigenvalue weighted by Crippen LogP contribution is 2.24. The van der Waals surface area contributed by atoms with E-state index in [9.17, 15) is 0 Å². The van der Waals surface area contributed by atoms with Gasteiger partial charge in [-0.2, -0.15) is 0 Å². The Labute approximate surface area is 94.8 Å². The van der Waals surface area contributed by atoms with Crippen LogP contribution in [0.1, 0.15) is 0 Å². The fraction of sp³-hybridized carbons (Fsp3) is 0.231. The molecule has 0 radical (unpaired) electrons. The van der Waals surface area contributed by atoms with Gasteiger partial charge in [0.25, 0.3) is 0 Å². The average Bonchev–Trinajstić information content (AvgIpc) is 2.35. The second-order valence-electron chi connectivity index (χ2n) is 3.51. The summed E-state index contributed by atoms with van der Waals surface area (Å²) in [5.41, 5.74) is 5.39. The van der Waals surface area contributed by atoms with Crippen molar-refractivity contribution in [2.45, 2.75) is 0 Å². The Morgan fingerprint density at radius 1 is 1.00 bits per heavy atom. The summed E-state index contributed by atoms with van der Waals surface area (Å²) in [7, 11) is 1.66. The van der Waals surface area contributed by atoms with E-state index in [4.69, 9.17) is 15.2 Å². The van der Waals surface area contributed by atoms with Crippen molar-refractivity contribution in [3.8, 4) is 11.5 Å². The molecular formula is C13H15NO2. The highest BCUT2D eigenvalue weighted by Gasteiger charge is 1.99. The summed E-state index contributed by atoms with van der Waals surface area (Å²) >= 11 is 0. The van der Waals surface area contributed by atoms with E-state index in [0.717, 1.165) is 16.9 Å². The average molecular weight is 217 g/mol. The SMILES string of the molecule is COc1ccc2ccc(OCCN)cc2c1. The third-order valence-corrected chi connectivity index (χ3v) is 2.41. The standard InChI is InChI=1S/C13H15NO2/c1-15-12-4-2-10-3-5-13(16-7-6-14)9-11(10)8-12/h2-5,8-9H,6-7,14H2,1H3. The molecule has 0 aliphatic carbocycles. The van der Waals surface area contributed by atoms with Crippen LogP contribution in [0.5, 0.6) is 11.5 Å². The fourth-order valence-electron chi connectivity index (χ4n) is 1.60. The lowest BCUT2D eigenvalue weighted by Gasteiger charge is -2.07. The normalized spacial score (nSPS) is 10.4. The smallest absolute Gasteiger partial charge is 0.120 e. The van der Waals surface area contributed by atoms with E-state index in [2.05, 4.69) is 0 Å². The van der Waals surface area contributed by atoms with Gasteiger partial charge in [0.05, 0.1) is 7.11 Å². The lowest BCUT2D eigenvalue weighted by Crippen LogP contribution is -2.10. The first-order valence-corrected chi connectivity index (χ1v) is 5.24. The van der Waals surface area contributed by atoms with E-state index in [0.29, 0.717) is 13.2 Å². The first-order chi connectivity index (χ1) is 7.83. The van der Waals surface area contributed by atoms with Crippen LogP contribution in [-0.4, -0.2) is 20.3 Å². The summed E-state index contributed by atoms with van der Waals surface area (Å²) in [5, 5.41) is 2.27. The number of rotatable bonds is 4. The second kappa shape index (κ2) is 4.86. The Hall–Kier alpha value is -1.74. The molecule has 0 atom stereocenters. The molecule has 0 spiro atoms. The molecule has 0 fully saturated rings. The zero-order valence-electron chi connectivity index (χ0n) is 9.27. The van der Waals surface area contributed by atoms with Crippen molar-refractivity contribution in [3.63, 3.8) is 0 Å². The van der Waals surface area contributed by atoms with Crippen molar-refractivity contribution >= 4 is 10.8 Å². The largest absolute Gasteiger partial charge is 0.497 e. The first kappa shape index (κ1) is 10.8. The van der Waals surface area contributed by atoms with Crippen molar-refractivity contribution in [2.24, 2.45) is 5.73 Å². The van der Waals surface area contributed by atoms with Gasteiger partial charge in [-0.15, -0.1) is 0 Å². The molecule has 84 valence electrons. The first-order valence-electron chi connectivity index (χ1n) is 5.24. The van der Waals surface area contributed by atoms with Gasteiger partial charge in [0, 0.05) is 6.54 Å². The monoisotopic (exact) mass is 217 g/mol. The van der Waals surface area contributed by atoms with E-state index in [1.807, 2.05) is 36.4 Å². The summed E-state index contributed by atoms with van der Waals surface area (Å²) in [6.45, 7) is 1.06. The number of nitrogens with two attached hydrogens (primary N) is 1. The van der Waals surface area contributed by atoms with Crippen LogP contribution in [0.25, 0.3) is 10.8 Å². The maximum absolute atomic E-state index is 5.47. The highest BCUT2D eigenvalue weighted by molar-refractivity contribution is 5.85. The number of fused-ring (bicyclic) bond motifs is 1. The highest BCUT2D eigenvalue weighted by atomic mass is 16.5. The molecule has 3 heteroatoms. The van der Waals surface area contributed by atoms with Crippen molar-refractivity contribution < 1.29 is 9.47 Å². The molecule has 0 aliphatic heterocycles. The van der Waals surface area contributed by atoms with E-state index in [1.54, 1.807) is 7.11 Å². The van der Waals surface area contributed by atoms with Gasteiger partial charge >= 0.3 is 0 Å². The van der Waals surface area contributed by atoms with Crippen LogP contribution < -0.4 is 15.2 Å². The molecule has 0 aromatic heterocycles. The minimum absolute atomic E-state index is 0.524. The van der Waals surface area contributed by atoms with E-state index in [1.165, 1.54) is 5.39 Å². The second-order valence-corrected chi connectivity index (χ2v) is 3.51. The Kier molecular flexibility index (Phi) is 3.27. The van der Waals surface area contributed by atoms with Gasteiger partial charge in [-0.05, 0) is 35.0 Å². The Balaban J connectivity index is 2.35. The topological polar surface area (TPSA) is 44.5 Å². The summed E-state index contributed by atoms with van der Waals surface area (Å²) in [5.74, 6) is 1.69. The van der Waals surface area contributed by atoms with Crippen molar-refractivity contribution in [3.05, 3.63) is 36.4 Å². The summed E-state index contributed by atoms with van der Waals surface area (Å²) in [6, 6.07) is 11.9. The predicted octanol–water partition coefficient (Wildman–Crippen LogP) is 2.19. The fourth-order valence-corrected chi connectivity index (χ4v) is 1.60. The minimum atomic E-state index is 0.524. The number of ether oxygens (including phenoxy) is 2. The molecule has 0 saturated carbocycles. The van der Waals surface area contributed by atoms with Gasteiger partial charge in [-0.3, -0.25) is 0 Å². The van der Waals surface area contributed by atoms with E-state index >= 15 is 0 Å². The van der Waals surface area contributed by atoms with Crippen LogP contribution in [0.4, 0.5) is 0 Å². The zero-order chi connectivity index (χ0) is 11.4. The molecule has 2 N–H and O–H groups in total. The van der Waals surface area contributed by atoms with Gasteiger partial charge in [-0.25, -0.2) is 0 Å². The van der Waals surface area contributed by atoms with Gasteiger partial charge < -0.3 is 15.2 Å². The molecule has 0 aliphatic rings. The molecule has 0 saturated heterocycles. The van der Waals surface area contributed by atoms with Crippen LogP contribution in [0, 0.1) is 0 Å². The lowest BCUT2D eigenvalue weighted by molar-refractivity contribution is 0.329. The molecule has 3 nitrogen and oxygen atoms in total. The molecule has 0 unspecified atom stereocenters. The molecule has 16 heavy (non-hydrogen) atoms. The van der Waals surface area contributed by atoms with Gasteiger partial charge in [-0.1, -0.05) is 12.1 Å². The summed E-state index contributed by atoms with van der Waals surface area (Å²) in [4.78, 5) is 0. The molecule has 0 amide bonds. The molecular weight excluding hydrogens is 202 g/mol. The number of hydrogen-bond donors (Lipinski definition) is 1. The Morgan fingerprint density at radius 2 is 1.69 bits per heavy atom. The summed E-state index contributed by atoms with van der Waals surface area (Å²) < 4.78 is 10.7. The van der Waals surface area contributed by atoms with Crippen LogP contribution >= 0.6 is 0 Å². The van der Waals surface area contributed by atoms with Crippen molar-refractivity contribution in [1.82, 2.24) is 0 Å². The number of benzene rings is 2.